The Labute approximate surface area is 121 Å². The molecule has 1 aromatic carbocycles. The molecule has 1 heterocycles. The van der Waals surface area contributed by atoms with Crippen molar-refractivity contribution in [2.24, 2.45) is 5.73 Å². The van der Waals surface area contributed by atoms with Crippen LogP contribution >= 0.6 is 15.9 Å². The van der Waals surface area contributed by atoms with Gasteiger partial charge in [0.2, 0.25) is 0 Å². The quantitative estimate of drug-likeness (QED) is 0.940. The Kier molecular flexibility index (Phi) is 4.39. The van der Waals surface area contributed by atoms with Gasteiger partial charge in [-0.2, -0.15) is 0 Å². The Bertz CT molecular complexity index is 557. The first-order chi connectivity index (χ1) is 9.15. The van der Waals surface area contributed by atoms with E-state index in [-0.39, 0.29) is 0 Å². The van der Waals surface area contributed by atoms with E-state index < -0.39 is 0 Å². The average molecular weight is 322 g/mol. The zero-order valence-electron chi connectivity index (χ0n) is 10.9. The molecule has 0 atom stereocenters. The second kappa shape index (κ2) is 6.04. The molecule has 100 valence electrons. The predicted octanol–water partition coefficient (Wildman–Crippen LogP) is 3.08. The monoisotopic (exact) mass is 321 g/mol. The van der Waals surface area contributed by atoms with E-state index >= 15 is 0 Å². The average Bonchev–Trinajstić information content (AvgIpc) is 2.46. The maximum atomic E-state index is 5.77. The number of hydrogen-bond donors (Lipinski definition) is 1. The second-order valence-corrected chi connectivity index (χ2v) is 5.01. The molecule has 0 unspecified atom stereocenters. The van der Waals surface area contributed by atoms with Crippen molar-refractivity contribution in [3.8, 4) is 5.75 Å². The van der Waals surface area contributed by atoms with Crippen LogP contribution in [-0.2, 0) is 6.54 Å². The predicted molar refractivity (Wildman–Crippen MR) is 80.9 cm³/mol. The maximum Gasteiger partial charge on any atom is 0.137 e. The lowest BCUT2D eigenvalue weighted by Crippen LogP contribution is -2.15. The van der Waals surface area contributed by atoms with Crippen molar-refractivity contribution in [1.82, 2.24) is 4.98 Å². The minimum atomic E-state index is 0.447. The molecule has 0 fully saturated rings. The number of nitrogens with zero attached hydrogens (tertiary/aromatic N) is 2. The molecular weight excluding hydrogens is 306 g/mol. The molecule has 5 heteroatoms. The summed E-state index contributed by atoms with van der Waals surface area (Å²) in [7, 11) is 3.62. The van der Waals surface area contributed by atoms with Crippen LogP contribution in [0.3, 0.4) is 0 Å². The van der Waals surface area contributed by atoms with E-state index in [9.17, 15) is 0 Å². The van der Waals surface area contributed by atoms with Crippen molar-refractivity contribution in [3.05, 3.63) is 46.6 Å². The summed E-state index contributed by atoms with van der Waals surface area (Å²) in [6.07, 6.45) is 1.77. The zero-order valence-corrected chi connectivity index (χ0v) is 12.5. The number of ether oxygens (including phenoxy) is 1. The van der Waals surface area contributed by atoms with Crippen molar-refractivity contribution in [2.75, 3.05) is 19.1 Å². The highest BCUT2D eigenvalue weighted by atomic mass is 79.9. The van der Waals surface area contributed by atoms with E-state index in [1.807, 2.05) is 42.3 Å². The summed E-state index contributed by atoms with van der Waals surface area (Å²) in [4.78, 5) is 6.44. The molecule has 2 rings (SSSR count). The van der Waals surface area contributed by atoms with Gasteiger partial charge < -0.3 is 15.4 Å². The van der Waals surface area contributed by atoms with Crippen LogP contribution in [0, 0.1) is 0 Å². The summed E-state index contributed by atoms with van der Waals surface area (Å²) in [5, 5.41) is 0. The van der Waals surface area contributed by atoms with Crippen LogP contribution in [0.2, 0.25) is 0 Å². The third kappa shape index (κ3) is 3.05. The molecule has 0 saturated heterocycles. The normalized spacial score (nSPS) is 10.3. The number of anilines is 2. The Morgan fingerprint density at radius 2 is 2.00 bits per heavy atom. The van der Waals surface area contributed by atoms with Gasteiger partial charge >= 0.3 is 0 Å². The number of methoxy groups -OCH3 is 1. The Morgan fingerprint density at radius 3 is 2.58 bits per heavy atom. The zero-order chi connectivity index (χ0) is 13.8. The third-order valence-corrected chi connectivity index (χ3v) is 3.34. The van der Waals surface area contributed by atoms with Gasteiger partial charge in [0.15, 0.2) is 0 Å². The first-order valence-corrected chi connectivity index (χ1v) is 6.67. The van der Waals surface area contributed by atoms with E-state index in [2.05, 4.69) is 20.9 Å². The summed E-state index contributed by atoms with van der Waals surface area (Å²) in [5.74, 6) is 1.69. The van der Waals surface area contributed by atoms with Gasteiger partial charge in [0.1, 0.15) is 11.6 Å². The van der Waals surface area contributed by atoms with Gasteiger partial charge in [0.25, 0.3) is 0 Å². The molecule has 0 aliphatic carbocycles. The van der Waals surface area contributed by atoms with Crippen molar-refractivity contribution in [3.63, 3.8) is 0 Å². The van der Waals surface area contributed by atoms with Crippen molar-refractivity contribution >= 4 is 27.4 Å². The van der Waals surface area contributed by atoms with Crippen LogP contribution in [-0.4, -0.2) is 19.1 Å². The molecule has 19 heavy (non-hydrogen) atoms. The topological polar surface area (TPSA) is 51.4 Å². The number of benzene rings is 1. The molecule has 1 aromatic heterocycles. The third-order valence-electron chi connectivity index (χ3n) is 2.91. The van der Waals surface area contributed by atoms with Gasteiger partial charge in [0.05, 0.1) is 7.11 Å². The minimum absolute atomic E-state index is 0.447. The largest absolute Gasteiger partial charge is 0.497 e. The fourth-order valence-corrected chi connectivity index (χ4v) is 2.23. The number of rotatable bonds is 4. The SMILES string of the molecule is COc1ccc(N(C)c2ncc(Br)cc2CN)cc1. The van der Waals surface area contributed by atoms with Crippen molar-refractivity contribution in [2.45, 2.75) is 6.54 Å². The Balaban J connectivity index is 2.34. The first kappa shape index (κ1) is 13.8. The van der Waals surface area contributed by atoms with Gasteiger partial charge in [-0.25, -0.2) is 4.98 Å². The Hall–Kier alpha value is -1.59. The van der Waals surface area contributed by atoms with Gasteiger partial charge in [-0.15, -0.1) is 0 Å². The van der Waals surface area contributed by atoms with Gasteiger partial charge in [-0.05, 0) is 46.3 Å². The number of halogens is 1. The van der Waals surface area contributed by atoms with Crippen molar-refractivity contribution in [1.29, 1.82) is 0 Å². The smallest absolute Gasteiger partial charge is 0.137 e. The lowest BCUT2D eigenvalue weighted by molar-refractivity contribution is 0.415. The van der Waals surface area contributed by atoms with E-state index in [1.54, 1.807) is 13.3 Å². The summed E-state index contributed by atoms with van der Waals surface area (Å²) in [5.41, 5.74) is 7.80. The number of hydrogen-bond acceptors (Lipinski definition) is 4. The maximum absolute atomic E-state index is 5.77. The molecule has 0 amide bonds. The van der Waals surface area contributed by atoms with E-state index in [0.29, 0.717) is 6.54 Å². The molecule has 2 N–H and O–H groups in total. The fourth-order valence-electron chi connectivity index (χ4n) is 1.85. The molecule has 2 aromatic rings. The summed E-state index contributed by atoms with van der Waals surface area (Å²) >= 11 is 3.41. The van der Waals surface area contributed by atoms with Crippen LogP contribution in [0.15, 0.2) is 41.0 Å². The van der Waals surface area contributed by atoms with Gasteiger partial charge in [-0.1, -0.05) is 0 Å². The highest BCUT2D eigenvalue weighted by Crippen LogP contribution is 2.27. The molecule has 0 bridgehead atoms. The number of aromatic nitrogens is 1. The van der Waals surface area contributed by atoms with Crippen LogP contribution in [0.5, 0.6) is 5.75 Å². The standard InChI is InChI=1S/C14H16BrN3O/c1-18(12-3-5-13(19-2)6-4-12)14-10(8-16)7-11(15)9-17-14/h3-7,9H,8,16H2,1-2H3. The van der Waals surface area contributed by atoms with Gasteiger partial charge in [0, 0.05) is 35.5 Å². The van der Waals surface area contributed by atoms with Crippen LogP contribution in [0.1, 0.15) is 5.56 Å². The molecule has 0 radical (unpaired) electrons. The van der Waals surface area contributed by atoms with Crippen molar-refractivity contribution < 1.29 is 4.74 Å². The number of nitrogens with two attached hydrogens (primary N) is 1. The van der Waals surface area contributed by atoms with Gasteiger partial charge in [-0.3, -0.25) is 0 Å². The highest BCUT2D eigenvalue weighted by Gasteiger charge is 2.10. The van der Waals surface area contributed by atoms with E-state index in [4.69, 9.17) is 10.5 Å². The van der Waals surface area contributed by atoms with E-state index in [1.165, 1.54) is 0 Å². The van der Waals surface area contributed by atoms with E-state index in [0.717, 1.165) is 27.3 Å². The lowest BCUT2D eigenvalue weighted by Gasteiger charge is -2.21. The molecule has 0 aliphatic heterocycles. The lowest BCUT2D eigenvalue weighted by atomic mass is 10.2. The summed E-state index contributed by atoms with van der Waals surface area (Å²) in [6, 6.07) is 9.81. The molecule has 0 spiro atoms. The minimum Gasteiger partial charge on any atom is -0.497 e. The molecule has 0 aliphatic rings. The van der Waals surface area contributed by atoms with Crippen LogP contribution in [0.4, 0.5) is 11.5 Å². The Morgan fingerprint density at radius 1 is 1.32 bits per heavy atom. The first-order valence-electron chi connectivity index (χ1n) is 5.88. The molecular formula is C14H16BrN3O. The van der Waals surface area contributed by atoms with Crippen LogP contribution < -0.4 is 15.4 Å². The second-order valence-electron chi connectivity index (χ2n) is 4.10. The molecule has 0 saturated carbocycles. The summed E-state index contributed by atoms with van der Waals surface area (Å²) < 4.78 is 6.09. The number of pyridine rings is 1. The summed E-state index contributed by atoms with van der Waals surface area (Å²) in [6.45, 7) is 0.447. The fraction of sp³-hybridized carbons (Fsp3) is 0.214. The highest BCUT2D eigenvalue weighted by molar-refractivity contribution is 9.10. The molecule has 4 nitrogen and oxygen atoms in total. The van der Waals surface area contributed by atoms with Crippen LogP contribution in [0.25, 0.3) is 0 Å².